The summed E-state index contributed by atoms with van der Waals surface area (Å²) in [5.41, 5.74) is 22.1. The Hall–Kier alpha value is -7.70. The molecule has 0 saturated carbocycles. The van der Waals surface area contributed by atoms with Gasteiger partial charge >= 0.3 is 0 Å². The van der Waals surface area contributed by atoms with Gasteiger partial charge in [0, 0.05) is 43.3 Å². The third-order valence-electron chi connectivity index (χ3n) is 14.9. The van der Waals surface area contributed by atoms with E-state index in [4.69, 9.17) is 4.42 Å². The highest BCUT2D eigenvalue weighted by Crippen LogP contribution is 2.66. The van der Waals surface area contributed by atoms with Crippen molar-refractivity contribution >= 4 is 68.2 Å². The van der Waals surface area contributed by atoms with E-state index in [1.54, 1.807) is 0 Å². The minimum absolute atomic E-state index is 0.166. The van der Waals surface area contributed by atoms with Gasteiger partial charge in [-0.1, -0.05) is 140 Å². The van der Waals surface area contributed by atoms with Crippen LogP contribution in [0.25, 0.3) is 66.4 Å². The third kappa shape index (κ3) is 6.17. The molecule has 4 aliphatic heterocycles. The van der Waals surface area contributed by atoms with E-state index in [1.807, 2.05) is 23.5 Å². The first kappa shape index (κ1) is 39.3. The summed E-state index contributed by atoms with van der Waals surface area (Å²) in [7, 11) is 0. The number of benzene rings is 10. The summed E-state index contributed by atoms with van der Waals surface area (Å²) in [6.07, 6.45) is 0. The normalized spacial score (nSPS) is 18.3. The lowest BCUT2D eigenvalue weighted by Gasteiger charge is -2.29. The van der Waals surface area contributed by atoms with Crippen LogP contribution in [0.3, 0.4) is 0 Å². The van der Waals surface area contributed by atoms with Crippen LogP contribution >= 0.6 is 23.5 Å². The number of hydrogen-bond donors (Lipinski definition) is 0. The molecule has 69 heavy (non-hydrogen) atoms. The summed E-state index contributed by atoms with van der Waals surface area (Å²) in [6.45, 7) is 0. The quantitative estimate of drug-likeness (QED) is 0.165. The number of hydrogen-bond acceptors (Lipinski definition) is 5. The standard InChI is InChI=1S/C64H42N2OS2/c1-4-14-39(15-5-1)45-32-46(40-16-6-2-7-17-40)34-48(33-45)66-56-29-25-42(38-54(56)64-62(66)50-21-11-13-23-60(50)69-64)44-27-31-58-52(36-44)51-35-43(26-30-57(51)67-58)41-24-28-55-53(37-41)63-61(49-20-10-12-22-59(49)68-63)65(55)47-18-8-3-9-19-47/h1-38,61-64H. The monoisotopic (exact) mass is 918 g/mol. The molecule has 0 aliphatic carbocycles. The second kappa shape index (κ2) is 15.4. The zero-order valence-electron chi connectivity index (χ0n) is 37.4. The molecule has 4 atom stereocenters. The van der Waals surface area contributed by atoms with Crippen LogP contribution < -0.4 is 9.80 Å². The molecule has 0 amide bonds. The third-order valence-corrected chi connectivity index (χ3v) is 17.7. The van der Waals surface area contributed by atoms with Crippen molar-refractivity contribution in [2.75, 3.05) is 9.80 Å². The van der Waals surface area contributed by atoms with E-state index in [1.165, 1.54) is 99.3 Å². The SMILES string of the molecule is c1ccc(-c2cc(-c3ccccc3)cc(N3c4ccc(-c5ccc6oc7ccc(-c8ccc9c(c8)C8Sc%10ccccc%10C8N9c8ccccc8)cc7c6c5)cc4C4Sc5ccccc5C43)c2)cc1. The molecule has 0 saturated heterocycles. The summed E-state index contributed by atoms with van der Waals surface area (Å²) in [5, 5.41) is 2.84. The molecular formula is C64H42N2OS2. The Morgan fingerprint density at radius 2 is 0.725 bits per heavy atom. The number of fused-ring (bicyclic) bond motifs is 13. The molecule has 15 rings (SSSR count). The van der Waals surface area contributed by atoms with Gasteiger partial charge in [0.15, 0.2) is 0 Å². The minimum Gasteiger partial charge on any atom is -0.456 e. The van der Waals surface area contributed by atoms with Crippen molar-refractivity contribution in [2.45, 2.75) is 32.4 Å². The second-order valence-electron chi connectivity index (χ2n) is 18.7. The van der Waals surface area contributed by atoms with Crippen molar-refractivity contribution in [2.24, 2.45) is 0 Å². The zero-order chi connectivity index (χ0) is 45.2. The molecule has 0 N–H and O–H groups in total. The smallest absolute Gasteiger partial charge is 0.135 e. The van der Waals surface area contributed by atoms with Crippen molar-refractivity contribution in [3.05, 3.63) is 253 Å². The van der Waals surface area contributed by atoms with Crippen LogP contribution in [0.1, 0.15) is 44.8 Å². The van der Waals surface area contributed by atoms with Crippen LogP contribution in [0.4, 0.5) is 22.7 Å². The molecule has 5 heterocycles. The molecule has 0 spiro atoms. The fourth-order valence-electron chi connectivity index (χ4n) is 11.7. The predicted molar refractivity (Wildman–Crippen MR) is 288 cm³/mol. The van der Waals surface area contributed by atoms with E-state index in [0.717, 1.165) is 21.9 Å². The summed E-state index contributed by atoms with van der Waals surface area (Å²) < 4.78 is 6.56. The van der Waals surface area contributed by atoms with E-state index in [2.05, 4.69) is 240 Å². The molecule has 0 bridgehead atoms. The Balaban J connectivity index is 0.820. The first-order chi connectivity index (χ1) is 34.2. The lowest BCUT2D eigenvalue weighted by Crippen LogP contribution is -2.19. The summed E-state index contributed by atoms with van der Waals surface area (Å²) >= 11 is 4.01. The van der Waals surface area contributed by atoms with E-state index >= 15 is 0 Å². The largest absolute Gasteiger partial charge is 0.456 e. The van der Waals surface area contributed by atoms with Gasteiger partial charge in [0.25, 0.3) is 0 Å². The van der Waals surface area contributed by atoms with Crippen LogP contribution in [0.5, 0.6) is 0 Å². The molecule has 4 unspecified atom stereocenters. The van der Waals surface area contributed by atoms with Gasteiger partial charge in [-0.3, -0.25) is 0 Å². The minimum atomic E-state index is 0.166. The van der Waals surface area contributed by atoms with Crippen molar-refractivity contribution in [3.8, 4) is 44.5 Å². The molecule has 0 fully saturated rings. The number of furan rings is 1. The summed E-state index contributed by atoms with van der Waals surface area (Å²) in [6, 6.07) is 85.8. The number of anilines is 4. The molecule has 326 valence electrons. The Morgan fingerprint density at radius 3 is 1.23 bits per heavy atom. The maximum Gasteiger partial charge on any atom is 0.135 e. The van der Waals surface area contributed by atoms with E-state index in [-0.39, 0.29) is 17.3 Å². The van der Waals surface area contributed by atoms with Gasteiger partial charge in [-0.2, -0.15) is 0 Å². The van der Waals surface area contributed by atoms with Crippen molar-refractivity contribution in [3.63, 3.8) is 0 Å². The molecular weight excluding hydrogens is 877 g/mol. The Morgan fingerprint density at radius 1 is 0.304 bits per heavy atom. The number of nitrogens with zero attached hydrogens (tertiary/aromatic N) is 2. The first-order valence-electron chi connectivity index (χ1n) is 23.8. The summed E-state index contributed by atoms with van der Waals surface area (Å²) in [4.78, 5) is 7.92. The Labute approximate surface area is 409 Å². The van der Waals surface area contributed by atoms with Gasteiger partial charge in [0.05, 0.1) is 22.6 Å². The van der Waals surface area contributed by atoms with Gasteiger partial charge in [0.2, 0.25) is 0 Å². The Kier molecular flexibility index (Phi) is 8.78. The topological polar surface area (TPSA) is 19.6 Å². The highest BCUT2D eigenvalue weighted by Gasteiger charge is 2.47. The van der Waals surface area contributed by atoms with Gasteiger partial charge in [-0.25, -0.2) is 0 Å². The second-order valence-corrected chi connectivity index (χ2v) is 21.1. The molecule has 0 radical (unpaired) electrons. The van der Waals surface area contributed by atoms with Crippen LogP contribution in [-0.2, 0) is 0 Å². The molecule has 10 aromatic carbocycles. The van der Waals surface area contributed by atoms with Crippen LogP contribution in [-0.4, -0.2) is 0 Å². The van der Waals surface area contributed by atoms with E-state index < -0.39 is 0 Å². The average molecular weight is 919 g/mol. The van der Waals surface area contributed by atoms with E-state index in [0.29, 0.717) is 5.25 Å². The van der Waals surface area contributed by atoms with Crippen LogP contribution in [0.2, 0.25) is 0 Å². The molecule has 11 aromatic rings. The highest BCUT2D eigenvalue weighted by molar-refractivity contribution is 8.00. The number of thioether (sulfide) groups is 2. The first-order valence-corrected chi connectivity index (χ1v) is 25.6. The molecule has 1 aromatic heterocycles. The lowest BCUT2D eigenvalue weighted by atomic mass is 9.96. The Bertz CT molecular complexity index is 3790. The highest BCUT2D eigenvalue weighted by atomic mass is 32.2. The molecule has 5 heteroatoms. The van der Waals surface area contributed by atoms with Crippen molar-refractivity contribution in [1.29, 1.82) is 0 Å². The van der Waals surface area contributed by atoms with Crippen LogP contribution in [0.15, 0.2) is 245 Å². The molecule has 3 nitrogen and oxygen atoms in total. The number of rotatable bonds is 6. The van der Waals surface area contributed by atoms with Crippen molar-refractivity contribution < 1.29 is 4.42 Å². The van der Waals surface area contributed by atoms with Crippen LogP contribution in [0, 0.1) is 0 Å². The van der Waals surface area contributed by atoms with Gasteiger partial charge < -0.3 is 14.2 Å². The molecule has 4 aliphatic rings. The number of para-hydroxylation sites is 1. The lowest BCUT2D eigenvalue weighted by molar-refractivity contribution is 0.669. The van der Waals surface area contributed by atoms with Gasteiger partial charge in [-0.05, 0) is 158 Å². The predicted octanol–water partition coefficient (Wildman–Crippen LogP) is 18.3. The van der Waals surface area contributed by atoms with E-state index in [9.17, 15) is 0 Å². The maximum atomic E-state index is 6.56. The summed E-state index contributed by atoms with van der Waals surface area (Å²) in [5.74, 6) is 0. The van der Waals surface area contributed by atoms with Gasteiger partial charge in [0.1, 0.15) is 11.2 Å². The zero-order valence-corrected chi connectivity index (χ0v) is 39.0. The fourth-order valence-corrected chi connectivity index (χ4v) is 14.7. The van der Waals surface area contributed by atoms with Gasteiger partial charge in [-0.15, -0.1) is 23.5 Å². The van der Waals surface area contributed by atoms with Crippen molar-refractivity contribution in [1.82, 2.24) is 0 Å². The fraction of sp³-hybridized carbons (Fsp3) is 0.0625. The average Bonchev–Trinajstić information content (AvgIpc) is 4.23. The maximum absolute atomic E-state index is 6.56.